The van der Waals surface area contributed by atoms with E-state index in [4.69, 9.17) is 4.74 Å². The van der Waals surface area contributed by atoms with Gasteiger partial charge in [-0.3, -0.25) is 4.79 Å². The highest BCUT2D eigenvalue weighted by atomic mass is 16.5. The number of ether oxygens (including phenoxy) is 1. The van der Waals surface area contributed by atoms with Crippen molar-refractivity contribution in [3.63, 3.8) is 0 Å². The van der Waals surface area contributed by atoms with Gasteiger partial charge in [-0.15, -0.1) is 0 Å². The fourth-order valence-corrected chi connectivity index (χ4v) is 3.04. The van der Waals surface area contributed by atoms with Crippen molar-refractivity contribution in [3.05, 3.63) is 23.8 Å². The fourth-order valence-electron chi connectivity index (χ4n) is 3.04. The molecule has 2 heterocycles. The molecule has 2 aliphatic rings. The van der Waals surface area contributed by atoms with Crippen molar-refractivity contribution in [3.8, 4) is 0 Å². The normalized spacial score (nSPS) is 21.4. The van der Waals surface area contributed by atoms with E-state index in [0.717, 1.165) is 37.0 Å². The topological polar surface area (TPSA) is 71.1 Å². The van der Waals surface area contributed by atoms with Gasteiger partial charge in [0.15, 0.2) is 0 Å². The SMILES string of the molecule is O=C(c1ccc2n[nH]nc2c1)N(CC1CC1)CC1CCCO1. The van der Waals surface area contributed by atoms with Crippen LogP contribution in [0.4, 0.5) is 0 Å². The maximum absolute atomic E-state index is 12.9. The van der Waals surface area contributed by atoms with Crippen LogP contribution < -0.4 is 0 Å². The molecule has 1 aromatic carbocycles. The molecular weight excluding hydrogens is 280 g/mol. The highest BCUT2D eigenvalue weighted by Crippen LogP contribution is 2.31. The highest BCUT2D eigenvalue weighted by molar-refractivity contribution is 5.97. The Kier molecular flexibility index (Phi) is 3.54. The number of carbonyl (C=O) groups excluding carboxylic acids is 1. The molecular formula is C16H20N4O2. The molecule has 0 spiro atoms. The summed E-state index contributed by atoms with van der Waals surface area (Å²) in [5.74, 6) is 0.744. The molecule has 1 aliphatic carbocycles. The first-order valence-corrected chi connectivity index (χ1v) is 8.01. The summed E-state index contributed by atoms with van der Waals surface area (Å²) in [6.07, 6.45) is 4.81. The lowest BCUT2D eigenvalue weighted by atomic mass is 10.1. The van der Waals surface area contributed by atoms with Gasteiger partial charge in [0.25, 0.3) is 5.91 Å². The molecule has 1 saturated carbocycles. The van der Waals surface area contributed by atoms with E-state index in [9.17, 15) is 4.79 Å². The average Bonchev–Trinajstić information content (AvgIpc) is 3.02. The third kappa shape index (κ3) is 2.83. The number of aromatic amines is 1. The van der Waals surface area contributed by atoms with Crippen molar-refractivity contribution >= 4 is 16.9 Å². The van der Waals surface area contributed by atoms with E-state index >= 15 is 0 Å². The Hall–Kier alpha value is -1.95. The average molecular weight is 300 g/mol. The van der Waals surface area contributed by atoms with Crippen LogP contribution in [0.5, 0.6) is 0 Å². The van der Waals surface area contributed by atoms with Crippen molar-refractivity contribution in [2.45, 2.75) is 31.8 Å². The Morgan fingerprint density at radius 1 is 1.23 bits per heavy atom. The molecule has 0 bridgehead atoms. The summed E-state index contributed by atoms with van der Waals surface area (Å²) in [6, 6.07) is 5.49. The summed E-state index contributed by atoms with van der Waals surface area (Å²) in [5, 5.41) is 10.7. The molecule has 0 radical (unpaired) electrons. The number of fused-ring (bicyclic) bond motifs is 1. The van der Waals surface area contributed by atoms with Crippen LogP contribution in [-0.4, -0.2) is 52.0 Å². The summed E-state index contributed by atoms with van der Waals surface area (Å²) in [4.78, 5) is 14.8. The Morgan fingerprint density at radius 3 is 2.86 bits per heavy atom. The number of rotatable bonds is 5. The van der Waals surface area contributed by atoms with Gasteiger partial charge < -0.3 is 9.64 Å². The third-order valence-corrected chi connectivity index (χ3v) is 4.47. The molecule has 1 atom stereocenters. The molecule has 1 aromatic heterocycles. The number of hydrogen-bond acceptors (Lipinski definition) is 4. The van der Waals surface area contributed by atoms with Crippen LogP contribution in [-0.2, 0) is 4.74 Å². The molecule has 1 amide bonds. The van der Waals surface area contributed by atoms with Gasteiger partial charge in [-0.1, -0.05) is 0 Å². The maximum atomic E-state index is 12.9. The van der Waals surface area contributed by atoms with Gasteiger partial charge in [0, 0.05) is 25.3 Å². The number of hydrogen-bond donors (Lipinski definition) is 1. The summed E-state index contributed by atoms with van der Waals surface area (Å²) in [7, 11) is 0. The first-order chi connectivity index (χ1) is 10.8. The van der Waals surface area contributed by atoms with Gasteiger partial charge in [-0.05, 0) is 49.8 Å². The minimum atomic E-state index is 0.0762. The smallest absolute Gasteiger partial charge is 0.254 e. The van der Waals surface area contributed by atoms with Gasteiger partial charge in [-0.2, -0.15) is 15.4 Å². The summed E-state index contributed by atoms with van der Waals surface area (Å²) < 4.78 is 5.71. The predicted molar refractivity (Wildman–Crippen MR) is 81.5 cm³/mol. The van der Waals surface area contributed by atoms with Crippen molar-refractivity contribution in [2.75, 3.05) is 19.7 Å². The molecule has 1 unspecified atom stereocenters. The lowest BCUT2D eigenvalue weighted by Gasteiger charge is -2.25. The third-order valence-electron chi connectivity index (χ3n) is 4.47. The fraction of sp³-hybridized carbons (Fsp3) is 0.562. The zero-order chi connectivity index (χ0) is 14.9. The number of nitrogens with zero attached hydrogens (tertiary/aromatic N) is 3. The summed E-state index contributed by atoms with van der Waals surface area (Å²) in [6.45, 7) is 2.36. The molecule has 116 valence electrons. The minimum Gasteiger partial charge on any atom is -0.376 e. The zero-order valence-corrected chi connectivity index (χ0v) is 12.5. The van der Waals surface area contributed by atoms with Gasteiger partial charge in [0.05, 0.1) is 6.10 Å². The van der Waals surface area contributed by atoms with Crippen LogP contribution >= 0.6 is 0 Å². The molecule has 2 aromatic rings. The lowest BCUT2D eigenvalue weighted by Crippen LogP contribution is -2.38. The molecule has 6 heteroatoms. The number of nitrogens with one attached hydrogen (secondary N) is 1. The minimum absolute atomic E-state index is 0.0762. The molecule has 22 heavy (non-hydrogen) atoms. The van der Waals surface area contributed by atoms with Crippen LogP contribution in [0.1, 0.15) is 36.0 Å². The van der Waals surface area contributed by atoms with Gasteiger partial charge in [0.2, 0.25) is 0 Å². The zero-order valence-electron chi connectivity index (χ0n) is 12.5. The second-order valence-corrected chi connectivity index (χ2v) is 6.32. The monoisotopic (exact) mass is 300 g/mol. The number of benzene rings is 1. The number of H-pyrrole nitrogens is 1. The van der Waals surface area contributed by atoms with E-state index < -0.39 is 0 Å². The van der Waals surface area contributed by atoms with Crippen LogP contribution in [0, 0.1) is 5.92 Å². The first-order valence-electron chi connectivity index (χ1n) is 8.01. The van der Waals surface area contributed by atoms with E-state index in [1.807, 2.05) is 23.1 Å². The maximum Gasteiger partial charge on any atom is 0.254 e. The van der Waals surface area contributed by atoms with E-state index in [1.165, 1.54) is 12.8 Å². The molecule has 4 rings (SSSR count). The summed E-state index contributed by atoms with van der Waals surface area (Å²) >= 11 is 0. The molecule has 1 aliphatic heterocycles. The van der Waals surface area contributed by atoms with Crippen molar-refractivity contribution < 1.29 is 9.53 Å². The lowest BCUT2D eigenvalue weighted by molar-refractivity contribution is 0.0515. The largest absolute Gasteiger partial charge is 0.376 e. The highest BCUT2D eigenvalue weighted by Gasteiger charge is 2.30. The van der Waals surface area contributed by atoms with Gasteiger partial charge in [-0.25, -0.2) is 0 Å². The molecule has 2 fully saturated rings. The molecule has 1 saturated heterocycles. The number of carbonyl (C=O) groups is 1. The van der Waals surface area contributed by atoms with E-state index in [-0.39, 0.29) is 12.0 Å². The first kappa shape index (κ1) is 13.7. The number of amides is 1. The molecule has 6 nitrogen and oxygen atoms in total. The van der Waals surface area contributed by atoms with Crippen molar-refractivity contribution in [2.24, 2.45) is 5.92 Å². The standard InChI is InChI=1S/C16H20N4O2/c21-16(12-5-6-14-15(8-12)18-19-17-14)20(9-11-3-4-11)10-13-2-1-7-22-13/h5-6,8,11,13H,1-4,7,9-10H2,(H,17,18,19). The van der Waals surface area contributed by atoms with Crippen molar-refractivity contribution in [1.82, 2.24) is 20.3 Å². The predicted octanol–water partition coefficient (Wildman–Crippen LogP) is 1.99. The summed E-state index contributed by atoms with van der Waals surface area (Å²) in [5.41, 5.74) is 2.19. The van der Waals surface area contributed by atoms with Crippen molar-refractivity contribution in [1.29, 1.82) is 0 Å². The Balaban J connectivity index is 1.54. The Morgan fingerprint density at radius 2 is 2.09 bits per heavy atom. The second kappa shape index (κ2) is 5.68. The van der Waals surface area contributed by atoms with E-state index in [2.05, 4.69) is 15.4 Å². The van der Waals surface area contributed by atoms with E-state index in [1.54, 1.807) is 0 Å². The van der Waals surface area contributed by atoms with Crippen LogP contribution in [0.15, 0.2) is 18.2 Å². The Bertz CT molecular complexity index is 674. The van der Waals surface area contributed by atoms with Crippen LogP contribution in [0.3, 0.4) is 0 Å². The van der Waals surface area contributed by atoms with E-state index in [0.29, 0.717) is 18.0 Å². The van der Waals surface area contributed by atoms with Gasteiger partial charge in [0.1, 0.15) is 11.0 Å². The number of aromatic nitrogens is 3. The van der Waals surface area contributed by atoms with Crippen LogP contribution in [0.2, 0.25) is 0 Å². The quantitative estimate of drug-likeness (QED) is 0.916. The molecule has 1 N–H and O–H groups in total. The second-order valence-electron chi connectivity index (χ2n) is 6.32. The van der Waals surface area contributed by atoms with Crippen LogP contribution in [0.25, 0.3) is 11.0 Å². The Labute approximate surface area is 128 Å². The van der Waals surface area contributed by atoms with Gasteiger partial charge >= 0.3 is 0 Å².